The SMILES string of the molecule is Cc1cccc(NC(=O)CNc2ccc(SC#N)cc2)c1. The van der Waals surface area contributed by atoms with E-state index < -0.39 is 0 Å². The zero-order valence-electron chi connectivity index (χ0n) is 11.6. The van der Waals surface area contributed by atoms with Crippen LogP contribution in [0.4, 0.5) is 11.4 Å². The lowest BCUT2D eigenvalue weighted by atomic mass is 10.2. The maximum absolute atomic E-state index is 11.8. The molecular formula is C16H15N3OS. The second-order valence-corrected chi connectivity index (χ2v) is 5.35. The Morgan fingerprint density at radius 3 is 2.62 bits per heavy atom. The Bertz CT molecular complexity index is 662. The van der Waals surface area contributed by atoms with E-state index in [9.17, 15) is 4.79 Å². The number of carbonyl (C=O) groups excluding carboxylic acids is 1. The van der Waals surface area contributed by atoms with E-state index >= 15 is 0 Å². The summed E-state index contributed by atoms with van der Waals surface area (Å²) in [6, 6.07) is 15.0. The standard InChI is InChI=1S/C16H15N3OS/c1-12-3-2-4-14(9-12)19-16(20)10-18-13-5-7-15(8-6-13)21-11-17/h2-9,18H,10H2,1H3,(H,19,20). The van der Waals surface area contributed by atoms with Gasteiger partial charge in [-0.1, -0.05) is 12.1 Å². The highest BCUT2D eigenvalue weighted by Gasteiger charge is 2.02. The van der Waals surface area contributed by atoms with Crippen LogP contribution in [0, 0.1) is 17.6 Å². The number of thioether (sulfide) groups is 1. The average molecular weight is 297 g/mol. The maximum Gasteiger partial charge on any atom is 0.243 e. The lowest BCUT2D eigenvalue weighted by molar-refractivity contribution is -0.114. The van der Waals surface area contributed by atoms with Crippen LogP contribution < -0.4 is 10.6 Å². The van der Waals surface area contributed by atoms with Crippen LogP contribution in [0.3, 0.4) is 0 Å². The van der Waals surface area contributed by atoms with Crippen molar-refractivity contribution in [2.24, 2.45) is 0 Å². The second-order valence-electron chi connectivity index (χ2n) is 4.49. The molecule has 0 aliphatic carbocycles. The van der Waals surface area contributed by atoms with Crippen LogP contribution in [-0.4, -0.2) is 12.5 Å². The van der Waals surface area contributed by atoms with Gasteiger partial charge in [-0.25, -0.2) is 0 Å². The fourth-order valence-corrected chi connectivity index (χ4v) is 2.18. The van der Waals surface area contributed by atoms with E-state index in [1.807, 2.05) is 60.9 Å². The fourth-order valence-electron chi connectivity index (χ4n) is 1.80. The largest absolute Gasteiger partial charge is 0.376 e. The van der Waals surface area contributed by atoms with E-state index in [1.54, 1.807) is 0 Å². The molecule has 0 atom stereocenters. The molecule has 2 rings (SSSR count). The molecule has 0 saturated carbocycles. The Hall–Kier alpha value is -2.45. The lowest BCUT2D eigenvalue weighted by Gasteiger charge is -2.08. The molecule has 4 nitrogen and oxygen atoms in total. The predicted octanol–water partition coefficient (Wildman–Crippen LogP) is 3.62. The molecule has 2 N–H and O–H groups in total. The molecule has 0 bridgehead atoms. The molecule has 2 aromatic rings. The first kappa shape index (κ1) is 14.9. The van der Waals surface area contributed by atoms with Crippen molar-refractivity contribution >= 4 is 29.0 Å². The molecule has 1 amide bonds. The van der Waals surface area contributed by atoms with E-state index in [-0.39, 0.29) is 12.5 Å². The normalized spacial score (nSPS) is 9.71. The lowest BCUT2D eigenvalue weighted by Crippen LogP contribution is -2.21. The summed E-state index contributed by atoms with van der Waals surface area (Å²) in [5, 5.41) is 16.5. The van der Waals surface area contributed by atoms with E-state index in [4.69, 9.17) is 5.26 Å². The Morgan fingerprint density at radius 1 is 1.19 bits per heavy atom. The van der Waals surface area contributed by atoms with E-state index in [1.165, 1.54) is 0 Å². The van der Waals surface area contributed by atoms with Crippen LogP contribution in [0.5, 0.6) is 0 Å². The van der Waals surface area contributed by atoms with Gasteiger partial charge in [0.2, 0.25) is 5.91 Å². The van der Waals surface area contributed by atoms with Crippen LogP contribution >= 0.6 is 11.8 Å². The van der Waals surface area contributed by atoms with Crippen molar-refractivity contribution in [1.29, 1.82) is 5.26 Å². The van der Waals surface area contributed by atoms with Gasteiger partial charge in [0.25, 0.3) is 0 Å². The third-order valence-corrected chi connectivity index (χ3v) is 3.37. The first-order chi connectivity index (χ1) is 10.2. The first-order valence-corrected chi connectivity index (χ1v) is 7.25. The minimum atomic E-state index is -0.101. The Balaban J connectivity index is 1.85. The predicted molar refractivity (Wildman–Crippen MR) is 86.2 cm³/mol. The highest BCUT2D eigenvalue weighted by molar-refractivity contribution is 8.03. The highest BCUT2D eigenvalue weighted by Crippen LogP contribution is 2.18. The first-order valence-electron chi connectivity index (χ1n) is 6.44. The van der Waals surface area contributed by atoms with Crippen molar-refractivity contribution in [2.75, 3.05) is 17.2 Å². The van der Waals surface area contributed by atoms with Crippen molar-refractivity contribution in [3.05, 3.63) is 54.1 Å². The van der Waals surface area contributed by atoms with Crippen molar-refractivity contribution < 1.29 is 4.79 Å². The summed E-state index contributed by atoms with van der Waals surface area (Å²) in [6.07, 6.45) is 0. The topological polar surface area (TPSA) is 64.9 Å². The smallest absolute Gasteiger partial charge is 0.243 e. The Labute approximate surface area is 128 Å². The number of aryl methyl sites for hydroxylation is 1. The number of benzene rings is 2. The van der Waals surface area contributed by atoms with Crippen LogP contribution in [0.25, 0.3) is 0 Å². The quantitative estimate of drug-likeness (QED) is 0.653. The number of amides is 1. The fraction of sp³-hybridized carbons (Fsp3) is 0.125. The molecular weight excluding hydrogens is 282 g/mol. The van der Waals surface area contributed by atoms with Crippen LogP contribution in [0.2, 0.25) is 0 Å². The monoisotopic (exact) mass is 297 g/mol. The summed E-state index contributed by atoms with van der Waals surface area (Å²) >= 11 is 1.11. The molecule has 0 saturated heterocycles. The number of nitrogens with one attached hydrogen (secondary N) is 2. The number of nitriles is 1. The third-order valence-electron chi connectivity index (χ3n) is 2.77. The second kappa shape index (κ2) is 7.36. The van der Waals surface area contributed by atoms with Crippen molar-refractivity contribution in [3.8, 4) is 5.40 Å². The molecule has 0 unspecified atom stereocenters. The molecule has 21 heavy (non-hydrogen) atoms. The van der Waals surface area contributed by atoms with Crippen molar-refractivity contribution in [1.82, 2.24) is 0 Å². The van der Waals surface area contributed by atoms with E-state index in [0.717, 1.165) is 33.6 Å². The third kappa shape index (κ3) is 4.86. The number of rotatable bonds is 5. The molecule has 106 valence electrons. The number of hydrogen-bond donors (Lipinski definition) is 2. The zero-order chi connectivity index (χ0) is 15.1. The van der Waals surface area contributed by atoms with Gasteiger partial charge >= 0.3 is 0 Å². The summed E-state index contributed by atoms with van der Waals surface area (Å²) in [6.45, 7) is 2.17. The van der Waals surface area contributed by atoms with E-state index in [0.29, 0.717) is 0 Å². The maximum atomic E-state index is 11.8. The number of thiocyanates is 1. The molecule has 0 spiro atoms. The minimum Gasteiger partial charge on any atom is -0.376 e. The summed E-state index contributed by atoms with van der Waals surface area (Å²) in [7, 11) is 0. The van der Waals surface area contributed by atoms with Gasteiger partial charge < -0.3 is 10.6 Å². The van der Waals surface area contributed by atoms with Crippen molar-refractivity contribution in [2.45, 2.75) is 11.8 Å². The summed E-state index contributed by atoms with van der Waals surface area (Å²) in [4.78, 5) is 12.7. The van der Waals surface area contributed by atoms with Crippen LogP contribution in [0.1, 0.15) is 5.56 Å². The van der Waals surface area contributed by atoms with Gasteiger partial charge in [-0.15, -0.1) is 0 Å². The molecule has 0 fully saturated rings. The number of hydrogen-bond acceptors (Lipinski definition) is 4. The molecule has 0 aliphatic heterocycles. The highest BCUT2D eigenvalue weighted by atomic mass is 32.2. The van der Waals surface area contributed by atoms with Crippen molar-refractivity contribution in [3.63, 3.8) is 0 Å². The molecule has 0 aromatic heterocycles. The number of carbonyl (C=O) groups is 1. The van der Waals surface area contributed by atoms with Gasteiger partial charge in [0, 0.05) is 16.3 Å². The minimum absolute atomic E-state index is 0.101. The van der Waals surface area contributed by atoms with Gasteiger partial charge in [-0.05, 0) is 60.6 Å². The molecule has 0 aliphatic rings. The summed E-state index contributed by atoms with van der Waals surface area (Å²) in [5.41, 5.74) is 2.74. The van der Waals surface area contributed by atoms with E-state index in [2.05, 4.69) is 10.6 Å². The molecule has 0 radical (unpaired) electrons. The van der Waals surface area contributed by atoms with Gasteiger partial charge in [-0.2, -0.15) is 5.26 Å². The van der Waals surface area contributed by atoms with Crippen LogP contribution in [-0.2, 0) is 4.79 Å². The number of anilines is 2. The van der Waals surface area contributed by atoms with Crippen LogP contribution in [0.15, 0.2) is 53.4 Å². The molecule has 5 heteroatoms. The molecule has 2 aromatic carbocycles. The van der Waals surface area contributed by atoms with Gasteiger partial charge in [-0.3, -0.25) is 4.79 Å². The van der Waals surface area contributed by atoms with Gasteiger partial charge in [0.1, 0.15) is 5.40 Å². The molecule has 0 heterocycles. The Kier molecular flexibility index (Phi) is 5.24. The van der Waals surface area contributed by atoms with Gasteiger partial charge in [0.15, 0.2) is 0 Å². The number of nitrogens with zero attached hydrogens (tertiary/aromatic N) is 1. The summed E-state index contributed by atoms with van der Waals surface area (Å²) < 4.78 is 0. The Morgan fingerprint density at radius 2 is 1.95 bits per heavy atom. The zero-order valence-corrected chi connectivity index (χ0v) is 12.4. The summed E-state index contributed by atoms with van der Waals surface area (Å²) in [5.74, 6) is -0.101. The van der Waals surface area contributed by atoms with Gasteiger partial charge in [0.05, 0.1) is 6.54 Å². The average Bonchev–Trinajstić information content (AvgIpc) is 2.47.